The fourth-order valence-electron chi connectivity index (χ4n) is 1.88. The Bertz CT molecular complexity index is 688. The Labute approximate surface area is 110 Å². The number of ether oxygens (including phenoxy) is 1. The minimum atomic E-state index is -0.257. The number of imidazole rings is 1. The van der Waals surface area contributed by atoms with Crippen molar-refractivity contribution in [2.24, 2.45) is 0 Å². The summed E-state index contributed by atoms with van der Waals surface area (Å²) >= 11 is 0. The van der Waals surface area contributed by atoms with Crippen molar-refractivity contribution in [3.63, 3.8) is 0 Å². The first-order chi connectivity index (χ1) is 9.22. The minimum absolute atomic E-state index is 0.257. The van der Waals surface area contributed by atoms with Gasteiger partial charge < -0.3 is 9.14 Å². The van der Waals surface area contributed by atoms with Crippen LogP contribution in [0.1, 0.15) is 11.3 Å². The zero-order valence-corrected chi connectivity index (χ0v) is 10.5. The van der Waals surface area contributed by atoms with Gasteiger partial charge in [-0.25, -0.2) is 9.37 Å². The second-order valence-electron chi connectivity index (χ2n) is 4.40. The van der Waals surface area contributed by atoms with Gasteiger partial charge in [0.25, 0.3) is 0 Å². The van der Waals surface area contributed by atoms with E-state index in [1.165, 1.54) is 6.07 Å². The molecule has 0 atom stereocenters. The fraction of sp³-hybridized carbons (Fsp3) is 0.133. The SMILES string of the molecule is Cc1ccc(OCc2cn3ccccc3n2)cc1F. The molecule has 0 aliphatic carbocycles. The summed E-state index contributed by atoms with van der Waals surface area (Å²) in [6.45, 7) is 2.05. The van der Waals surface area contributed by atoms with E-state index in [0.717, 1.165) is 11.3 Å². The number of benzene rings is 1. The van der Waals surface area contributed by atoms with Gasteiger partial charge in [0.2, 0.25) is 0 Å². The molecular formula is C15H13FN2O. The highest BCUT2D eigenvalue weighted by Gasteiger charge is 2.04. The van der Waals surface area contributed by atoms with Gasteiger partial charge in [0.15, 0.2) is 0 Å². The molecular weight excluding hydrogens is 243 g/mol. The Morgan fingerprint density at radius 1 is 1.26 bits per heavy atom. The number of aromatic nitrogens is 2. The summed E-state index contributed by atoms with van der Waals surface area (Å²) in [7, 11) is 0. The summed E-state index contributed by atoms with van der Waals surface area (Å²) < 4.78 is 20.8. The Morgan fingerprint density at radius 3 is 2.95 bits per heavy atom. The first-order valence-electron chi connectivity index (χ1n) is 6.04. The molecule has 3 aromatic rings. The lowest BCUT2D eigenvalue weighted by molar-refractivity contribution is 0.300. The van der Waals surface area contributed by atoms with E-state index >= 15 is 0 Å². The summed E-state index contributed by atoms with van der Waals surface area (Å²) in [5.74, 6) is 0.257. The van der Waals surface area contributed by atoms with Gasteiger partial charge in [-0.1, -0.05) is 12.1 Å². The quantitative estimate of drug-likeness (QED) is 0.718. The van der Waals surface area contributed by atoms with Crippen LogP contribution in [0.4, 0.5) is 4.39 Å². The summed E-state index contributed by atoms with van der Waals surface area (Å²) in [6.07, 6.45) is 3.83. The second kappa shape index (κ2) is 4.72. The Kier molecular flexibility index (Phi) is 2.91. The molecule has 0 spiro atoms. The topological polar surface area (TPSA) is 26.5 Å². The molecule has 0 saturated carbocycles. The van der Waals surface area contributed by atoms with Crippen molar-refractivity contribution in [3.05, 3.63) is 65.9 Å². The number of nitrogens with zero attached hydrogens (tertiary/aromatic N) is 2. The molecule has 0 bridgehead atoms. The average molecular weight is 256 g/mol. The number of rotatable bonds is 3. The summed E-state index contributed by atoms with van der Waals surface area (Å²) in [6, 6.07) is 10.7. The fourth-order valence-corrected chi connectivity index (χ4v) is 1.88. The summed E-state index contributed by atoms with van der Waals surface area (Å²) in [5, 5.41) is 0. The molecule has 2 aromatic heterocycles. The maximum absolute atomic E-state index is 13.4. The number of pyridine rings is 1. The molecule has 0 unspecified atom stereocenters. The highest BCUT2D eigenvalue weighted by molar-refractivity contribution is 5.39. The predicted molar refractivity (Wildman–Crippen MR) is 70.7 cm³/mol. The zero-order valence-electron chi connectivity index (χ0n) is 10.5. The first kappa shape index (κ1) is 11.7. The molecule has 2 heterocycles. The second-order valence-corrected chi connectivity index (χ2v) is 4.40. The lowest BCUT2D eigenvalue weighted by Gasteiger charge is -2.05. The number of hydrogen-bond donors (Lipinski definition) is 0. The van der Waals surface area contributed by atoms with E-state index in [0.29, 0.717) is 17.9 Å². The lowest BCUT2D eigenvalue weighted by atomic mass is 10.2. The average Bonchev–Trinajstić information content (AvgIpc) is 2.83. The van der Waals surface area contributed by atoms with Crippen LogP contribution in [0.5, 0.6) is 5.75 Å². The highest BCUT2D eigenvalue weighted by Crippen LogP contribution is 2.17. The van der Waals surface area contributed by atoms with Crippen LogP contribution in [0.15, 0.2) is 48.8 Å². The van der Waals surface area contributed by atoms with Gasteiger partial charge in [-0.2, -0.15) is 0 Å². The first-order valence-corrected chi connectivity index (χ1v) is 6.04. The minimum Gasteiger partial charge on any atom is -0.487 e. The lowest BCUT2D eigenvalue weighted by Crippen LogP contribution is -1.96. The largest absolute Gasteiger partial charge is 0.487 e. The Balaban J connectivity index is 1.76. The van der Waals surface area contributed by atoms with E-state index in [1.807, 2.05) is 35.0 Å². The van der Waals surface area contributed by atoms with Crippen LogP contribution in [0.25, 0.3) is 5.65 Å². The summed E-state index contributed by atoms with van der Waals surface area (Å²) in [5.41, 5.74) is 2.29. The van der Waals surface area contributed by atoms with Crippen molar-refractivity contribution in [2.75, 3.05) is 0 Å². The van der Waals surface area contributed by atoms with Crippen LogP contribution in [0.2, 0.25) is 0 Å². The number of hydrogen-bond acceptors (Lipinski definition) is 2. The van der Waals surface area contributed by atoms with Gasteiger partial charge in [-0.05, 0) is 30.7 Å². The third-order valence-corrected chi connectivity index (χ3v) is 2.94. The molecule has 0 saturated heterocycles. The molecule has 0 aliphatic heterocycles. The van der Waals surface area contributed by atoms with Gasteiger partial charge in [-0.3, -0.25) is 0 Å². The Hall–Kier alpha value is -2.36. The molecule has 19 heavy (non-hydrogen) atoms. The van der Waals surface area contributed by atoms with Crippen molar-refractivity contribution in [3.8, 4) is 5.75 Å². The molecule has 0 amide bonds. The van der Waals surface area contributed by atoms with Gasteiger partial charge in [0.05, 0.1) is 5.69 Å². The standard InChI is InChI=1S/C15H13FN2O/c1-11-5-6-13(8-14(11)16)19-10-12-9-18-7-3-2-4-15(18)17-12/h2-9H,10H2,1H3. The normalized spacial score (nSPS) is 10.8. The molecule has 3 rings (SSSR count). The van der Waals surface area contributed by atoms with Gasteiger partial charge >= 0.3 is 0 Å². The van der Waals surface area contributed by atoms with Crippen LogP contribution < -0.4 is 4.74 Å². The summed E-state index contributed by atoms with van der Waals surface area (Å²) in [4.78, 5) is 4.41. The van der Waals surface area contributed by atoms with E-state index in [1.54, 1.807) is 19.1 Å². The Morgan fingerprint density at radius 2 is 2.16 bits per heavy atom. The maximum Gasteiger partial charge on any atom is 0.137 e. The van der Waals surface area contributed by atoms with Gasteiger partial charge in [0.1, 0.15) is 23.8 Å². The van der Waals surface area contributed by atoms with Crippen molar-refractivity contribution in [1.82, 2.24) is 9.38 Å². The maximum atomic E-state index is 13.4. The van der Waals surface area contributed by atoms with E-state index in [2.05, 4.69) is 4.98 Å². The van der Waals surface area contributed by atoms with Crippen molar-refractivity contribution < 1.29 is 9.13 Å². The third-order valence-electron chi connectivity index (χ3n) is 2.94. The van der Waals surface area contributed by atoms with E-state index in [-0.39, 0.29) is 5.82 Å². The van der Waals surface area contributed by atoms with Crippen molar-refractivity contribution in [2.45, 2.75) is 13.5 Å². The number of halogens is 1. The van der Waals surface area contributed by atoms with Crippen LogP contribution >= 0.6 is 0 Å². The van der Waals surface area contributed by atoms with Gasteiger partial charge in [0, 0.05) is 18.5 Å². The predicted octanol–water partition coefficient (Wildman–Crippen LogP) is 3.36. The molecule has 0 N–H and O–H groups in total. The van der Waals surface area contributed by atoms with E-state index < -0.39 is 0 Å². The van der Waals surface area contributed by atoms with E-state index in [4.69, 9.17) is 4.74 Å². The van der Waals surface area contributed by atoms with Crippen molar-refractivity contribution >= 4 is 5.65 Å². The number of aryl methyl sites for hydroxylation is 1. The molecule has 1 aromatic carbocycles. The molecule has 0 aliphatic rings. The van der Waals surface area contributed by atoms with Crippen molar-refractivity contribution in [1.29, 1.82) is 0 Å². The van der Waals surface area contributed by atoms with Crippen LogP contribution in [0.3, 0.4) is 0 Å². The van der Waals surface area contributed by atoms with Gasteiger partial charge in [-0.15, -0.1) is 0 Å². The smallest absolute Gasteiger partial charge is 0.137 e. The van der Waals surface area contributed by atoms with E-state index in [9.17, 15) is 4.39 Å². The molecule has 3 nitrogen and oxygen atoms in total. The molecule has 0 fully saturated rings. The molecule has 4 heteroatoms. The monoisotopic (exact) mass is 256 g/mol. The zero-order chi connectivity index (χ0) is 13.2. The third kappa shape index (κ3) is 2.42. The molecule has 96 valence electrons. The van der Waals surface area contributed by atoms with Crippen LogP contribution in [-0.2, 0) is 6.61 Å². The van der Waals surface area contributed by atoms with Crippen LogP contribution in [0, 0.1) is 12.7 Å². The highest BCUT2D eigenvalue weighted by atomic mass is 19.1. The molecule has 0 radical (unpaired) electrons. The number of fused-ring (bicyclic) bond motifs is 1. The van der Waals surface area contributed by atoms with Crippen LogP contribution in [-0.4, -0.2) is 9.38 Å².